The minimum atomic E-state index is -0.365. The van der Waals surface area contributed by atoms with Crippen molar-refractivity contribution in [1.29, 1.82) is 0 Å². The summed E-state index contributed by atoms with van der Waals surface area (Å²) in [5.74, 6) is 2.63. The molecule has 25 heavy (non-hydrogen) atoms. The fourth-order valence-electron chi connectivity index (χ4n) is 6.20. The Balaban J connectivity index is 1.35. The molecule has 2 aromatic rings. The van der Waals surface area contributed by atoms with E-state index >= 15 is 0 Å². The number of fused-ring (bicyclic) bond motifs is 1. The van der Waals surface area contributed by atoms with Crippen LogP contribution in [0.25, 0.3) is 5.52 Å². The molecule has 4 aliphatic carbocycles. The van der Waals surface area contributed by atoms with Crippen LogP contribution in [0.1, 0.15) is 54.6 Å². The summed E-state index contributed by atoms with van der Waals surface area (Å²) < 4.78 is 1.63. The minimum Gasteiger partial charge on any atom is -0.351 e. The predicted octanol–water partition coefficient (Wildman–Crippen LogP) is 3.21. The van der Waals surface area contributed by atoms with Gasteiger partial charge in [-0.1, -0.05) is 0 Å². The van der Waals surface area contributed by atoms with Gasteiger partial charge in [0.05, 0.1) is 16.8 Å². The molecule has 0 saturated heterocycles. The first-order valence-corrected chi connectivity index (χ1v) is 9.48. The first kappa shape index (κ1) is 15.4. The van der Waals surface area contributed by atoms with Crippen molar-refractivity contribution in [1.82, 2.24) is 14.9 Å². The van der Waals surface area contributed by atoms with Gasteiger partial charge in [0.15, 0.2) is 0 Å². The molecular formula is C20H24N3O2. The Morgan fingerprint density at radius 2 is 1.88 bits per heavy atom. The quantitative estimate of drug-likeness (QED) is 0.930. The second kappa shape index (κ2) is 5.56. The molecule has 1 amide bonds. The van der Waals surface area contributed by atoms with Gasteiger partial charge in [-0.25, -0.2) is 9.62 Å². The van der Waals surface area contributed by atoms with E-state index in [-0.39, 0.29) is 12.5 Å². The van der Waals surface area contributed by atoms with E-state index in [9.17, 15) is 9.90 Å². The maximum atomic E-state index is 12.8. The van der Waals surface area contributed by atoms with Crippen LogP contribution in [-0.2, 0) is 11.7 Å². The van der Waals surface area contributed by atoms with Crippen LogP contribution in [0, 0.1) is 23.2 Å². The number of nitrogens with one attached hydrogen (secondary N) is 1. The Morgan fingerprint density at radius 3 is 2.52 bits per heavy atom. The second-order valence-corrected chi connectivity index (χ2v) is 8.63. The second-order valence-electron chi connectivity index (χ2n) is 8.63. The summed E-state index contributed by atoms with van der Waals surface area (Å²) in [6, 6.07) is 5.36. The van der Waals surface area contributed by atoms with Crippen LogP contribution in [-0.4, -0.2) is 22.1 Å². The van der Waals surface area contributed by atoms with Crippen molar-refractivity contribution in [3.05, 3.63) is 35.7 Å². The molecule has 2 heterocycles. The zero-order chi connectivity index (χ0) is 17.0. The van der Waals surface area contributed by atoms with Gasteiger partial charge >= 0.3 is 0 Å². The van der Waals surface area contributed by atoms with Gasteiger partial charge in [0.2, 0.25) is 0 Å². The molecule has 0 aromatic carbocycles. The number of nitrogens with zero attached hydrogens (tertiary/aromatic N) is 2. The van der Waals surface area contributed by atoms with Crippen LogP contribution in [0.2, 0.25) is 0 Å². The summed E-state index contributed by atoms with van der Waals surface area (Å²) in [5, 5.41) is 18.5. The van der Waals surface area contributed by atoms with Crippen molar-refractivity contribution in [2.24, 2.45) is 23.2 Å². The topological polar surface area (TPSA) is 66.3 Å². The van der Waals surface area contributed by atoms with Crippen LogP contribution in [0.3, 0.4) is 0 Å². The van der Waals surface area contributed by atoms with Gasteiger partial charge < -0.3 is 5.32 Å². The summed E-state index contributed by atoms with van der Waals surface area (Å²) >= 11 is 0. The van der Waals surface area contributed by atoms with Crippen LogP contribution < -0.4 is 5.32 Å². The summed E-state index contributed by atoms with van der Waals surface area (Å²) in [6.45, 7) is 0.426. The van der Waals surface area contributed by atoms with Crippen molar-refractivity contribution in [3.8, 4) is 0 Å². The van der Waals surface area contributed by atoms with Crippen LogP contribution in [0.15, 0.2) is 24.4 Å². The number of carbonyl (C=O) groups excluding carboxylic acids is 1. The molecule has 6 rings (SSSR count). The Hall–Kier alpha value is -1.88. The van der Waals surface area contributed by atoms with E-state index in [0.717, 1.165) is 29.8 Å². The van der Waals surface area contributed by atoms with Crippen molar-refractivity contribution >= 4 is 11.4 Å². The maximum Gasteiger partial charge on any atom is 0.253 e. The number of hydrogen-bond acceptors (Lipinski definition) is 2. The molecule has 5 heteroatoms. The van der Waals surface area contributed by atoms with Crippen LogP contribution in [0.5, 0.6) is 0 Å². The molecule has 4 aliphatic rings. The lowest BCUT2D eigenvalue weighted by atomic mass is 9.49. The van der Waals surface area contributed by atoms with Crippen molar-refractivity contribution in [2.45, 2.75) is 45.1 Å². The molecule has 1 radical (unpaired) electrons. The van der Waals surface area contributed by atoms with E-state index in [2.05, 4.69) is 10.4 Å². The van der Waals surface area contributed by atoms with Gasteiger partial charge in [0.25, 0.3) is 5.91 Å². The number of pyridine rings is 1. The van der Waals surface area contributed by atoms with E-state index < -0.39 is 0 Å². The Morgan fingerprint density at radius 1 is 1.20 bits per heavy atom. The monoisotopic (exact) mass is 338 g/mol. The Kier molecular flexibility index (Phi) is 3.42. The lowest BCUT2D eigenvalue weighted by Gasteiger charge is -2.56. The molecule has 0 unspecified atom stereocenters. The molecule has 0 spiro atoms. The summed E-state index contributed by atoms with van der Waals surface area (Å²) in [7, 11) is 0. The Labute approximate surface area is 147 Å². The highest BCUT2D eigenvalue weighted by Crippen LogP contribution is 2.59. The van der Waals surface area contributed by atoms with E-state index in [1.54, 1.807) is 16.8 Å². The van der Waals surface area contributed by atoms with Crippen LogP contribution in [0.4, 0.5) is 0 Å². The normalized spacial score (nSPS) is 33.1. The molecule has 4 fully saturated rings. The van der Waals surface area contributed by atoms with Gasteiger partial charge in [-0.15, -0.1) is 0 Å². The number of rotatable bonds is 4. The maximum absolute atomic E-state index is 12.8. The number of hydrogen-bond donors (Lipinski definition) is 1. The Bertz CT molecular complexity index is 790. The largest absolute Gasteiger partial charge is 0.351 e. The highest BCUT2D eigenvalue weighted by Gasteiger charge is 2.50. The summed E-state index contributed by atoms with van der Waals surface area (Å²) in [4.78, 5) is 12.8. The van der Waals surface area contributed by atoms with Gasteiger partial charge in [-0.2, -0.15) is 5.10 Å². The highest BCUT2D eigenvalue weighted by atomic mass is 16.3. The zero-order valence-corrected chi connectivity index (χ0v) is 14.4. The number of amides is 1. The van der Waals surface area contributed by atoms with Gasteiger partial charge in [-0.05, 0) is 79.9 Å². The standard InChI is InChI=1S/C20H24N3O2/c24-11-16-7-18-17(2-1-3-23(18)22-16)19(25)21-12-20-8-13-4-14(9-20)6-15(5-13)10-20/h1-3,7,13-15H,4-6,8-12H2,(H,21,25). The molecule has 5 nitrogen and oxygen atoms in total. The van der Waals surface area contributed by atoms with Gasteiger partial charge in [0, 0.05) is 12.7 Å². The molecule has 0 atom stereocenters. The predicted molar refractivity (Wildman–Crippen MR) is 92.5 cm³/mol. The highest BCUT2D eigenvalue weighted by molar-refractivity contribution is 6.00. The van der Waals surface area contributed by atoms with Crippen molar-refractivity contribution < 1.29 is 9.90 Å². The van der Waals surface area contributed by atoms with E-state index in [0.29, 0.717) is 16.7 Å². The van der Waals surface area contributed by atoms with E-state index in [1.165, 1.54) is 38.5 Å². The van der Waals surface area contributed by atoms with Crippen molar-refractivity contribution in [3.63, 3.8) is 0 Å². The molecule has 2 aromatic heterocycles. The fourth-order valence-corrected chi connectivity index (χ4v) is 6.20. The number of aromatic nitrogens is 2. The third-order valence-corrected chi connectivity index (χ3v) is 6.73. The molecule has 1 N–H and O–H groups in total. The third kappa shape index (κ3) is 2.56. The number of carbonyl (C=O) groups is 1. The summed E-state index contributed by atoms with van der Waals surface area (Å²) in [5.41, 5.74) is 2.13. The van der Waals surface area contributed by atoms with E-state index in [4.69, 9.17) is 0 Å². The fraction of sp³-hybridized carbons (Fsp3) is 0.600. The van der Waals surface area contributed by atoms with Gasteiger partial charge in [0.1, 0.15) is 6.61 Å². The van der Waals surface area contributed by atoms with E-state index in [1.807, 2.05) is 12.1 Å². The van der Waals surface area contributed by atoms with Crippen LogP contribution >= 0.6 is 0 Å². The molecular weight excluding hydrogens is 314 g/mol. The first-order valence-electron chi connectivity index (χ1n) is 9.48. The van der Waals surface area contributed by atoms with Gasteiger partial charge in [-0.3, -0.25) is 4.79 Å². The average molecular weight is 338 g/mol. The van der Waals surface area contributed by atoms with Crippen molar-refractivity contribution in [2.75, 3.05) is 6.54 Å². The molecule has 4 bridgehead atoms. The SMILES string of the molecule is [O]Cc1cc2c(C(=O)NCC34CC5CC(CC(C5)C3)C4)cccn2n1. The average Bonchev–Trinajstić information content (AvgIpc) is 3.02. The zero-order valence-electron chi connectivity index (χ0n) is 14.4. The minimum absolute atomic E-state index is 0.0429. The smallest absolute Gasteiger partial charge is 0.253 e. The lowest BCUT2D eigenvalue weighted by Crippen LogP contribution is -2.51. The molecule has 4 saturated carbocycles. The third-order valence-electron chi connectivity index (χ3n) is 6.73. The summed E-state index contributed by atoms with van der Waals surface area (Å²) in [6.07, 6.45) is 9.90. The molecule has 131 valence electrons. The lowest BCUT2D eigenvalue weighted by molar-refractivity contribution is -0.0503. The molecule has 0 aliphatic heterocycles. The first-order chi connectivity index (χ1) is 12.1.